The summed E-state index contributed by atoms with van der Waals surface area (Å²) in [6, 6.07) is 5.02. The van der Waals surface area contributed by atoms with Gasteiger partial charge in [0, 0.05) is 55.0 Å². The number of benzene rings is 1. The number of anilines is 1. The van der Waals surface area contributed by atoms with E-state index in [0.29, 0.717) is 37.8 Å². The van der Waals surface area contributed by atoms with E-state index in [1.807, 2.05) is 12.1 Å². The minimum Gasteiger partial charge on any atom is -0.382 e. The van der Waals surface area contributed by atoms with Crippen molar-refractivity contribution in [2.45, 2.75) is 70.7 Å². The molecule has 1 aromatic carbocycles. The largest absolute Gasteiger partial charge is 0.382 e. The Morgan fingerprint density at radius 1 is 1.12 bits per heavy atom. The van der Waals surface area contributed by atoms with Crippen molar-refractivity contribution in [1.29, 1.82) is 0 Å². The third kappa shape index (κ3) is 4.81. The van der Waals surface area contributed by atoms with Crippen molar-refractivity contribution in [2.75, 3.05) is 31.6 Å². The van der Waals surface area contributed by atoms with Gasteiger partial charge < -0.3 is 15.0 Å². The second-order valence-corrected chi connectivity index (χ2v) is 9.89. The Kier molecular flexibility index (Phi) is 6.53. The van der Waals surface area contributed by atoms with E-state index in [2.05, 4.69) is 36.3 Å². The molecule has 8 nitrogen and oxygen atoms in total. The van der Waals surface area contributed by atoms with Gasteiger partial charge in [-0.05, 0) is 52.2 Å². The quantitative estimate of drug-likeness (QED) is 0.518. The highest BCUT2D eigenvalue weighted by Crippen LogP contribution is 2.32. The molecule has 0 aliphatic carbocycles. The van der Waals surface area contributed by atoms with Crippen LogP contribution in [0.3, 0.4) is 0 Å². The molecule has 2 saturated heterocycles. The van der Waals surface area contributed by atoms with Crippen LogP contribution in [0.1, 0.15) is 62.4 Å². The number of carbonyl (C=O) groups excluding carboxylic acids is 3. The molecule has 4 rings (SSSR count). The molecular formula is C24H34N4O4. The number of imide groups is 1. The normalized spacial score (nSPS) is 22.8. The SMILES string of the molecule is CC(C)(C)N1CCC(OCCNc2cccc3c2CN(C2CCC(=O)NC2=O)C3=O)CC1. The Balaban J connectivity index is 1.29. The molecule has 0 bridgehead atoms. The number of carbonyl (C=O) groups is 3. The molecule has 0 saturated carbocycles. The molecule has 3 aliphatic heterocycles. The maximum absolute atomic E-state index is 12.9. The molecule has 32 heavy (non-hydrogen) atoms. The first-order valence-corrected chi connectivity index (χ1v) is 11.6. The molecule has 3 amide bonds. The van der Waals surface area contributed by atoms with E-state index < -0.39 is 6.04 Å². The third-order valence-electron chi connectivity index (χ3n) is 6.74. The van der Waals surface area contributed by atoms with Gasteiger partial charge in [0.2, 0.25) is 11.8 Å². The van der Waals surface area contributed by atoms with Crippen molar-refractivity contribution >= 4 is 23.4 Å². The van der Waals surface area contributed by atoms with Crippen LogP contribution < -0.4 is 10.6 Å². The lowest BCUT2D eigenvalue weighted by atomic mass is 9.99. The number of nitrogens with one attached hydrogen (secondary N) is 2. The Labute approximate surface area is 189 Å². The number of amides is 3. The molecular weight excluding hydrogens is 408 g/mol. The predicted molar refractivity (Wildman–Crippen MR) is 121 cm³/mol. The average Bonchev–Trinajstić information content (AvgIpc) is 3.08. The molecule has 1 atom stereocenters. The second-order valence-electron chi connectivity index (χ2n) is 9.89. The number of likely N-dealkylation sites (tertiary alicyclic amines) is 1. The summed E-state index contributed by atoms with van der Waals surface area (Å²) < 4.78 is 6.10. The van der Waals surface area contributed by atoms with Crippen LogP contribution in [0.4, 0.5) is 5.69 Å². The number of hydrogen-bond donors (Lipinski definition) is 2. The van der Waals surface area contributed by atoms with Crippen LogP contribution in [-0.4, -0.2) is 71.4 Å². The number of piperidine rings is 2. The van der Waals surface area contributed by atoms with Gasteiger partial charge in [0.1, 0.15) is 6.04 Å². The molecule has 2 N–H and O–H groups in total. The van der Waals surface area contributed by atoms with E-state index >= 15 is 0 Å². The van der Waals surface area contributed by atoms with Crippen molar-refractivity contribution in [3.8, 4) is 0 Å². The molecule has 3 heterocycles. The Hall–Kier alpha value is -2.45. The Morgan fingerprint density at radius 3 is 2.56 bits per heavy atom. The molecule has 0 spiro atoms. The third-order valence-corrected chi connectivity index (χ3v) is 6.74. The van der Waals surface area contributed by atoms with E-state index in [9.17, 15) is 14.4 Å². The summed E-state index contributed by atoms with van der Waals surface area (Å²) in [7, 11) is 0. The van der Waals surface area contributed by atoms with Gasteiger partial charge >= 0.3 is 0 Å². The summed E-state index contributed by atoms with van der Waals surface area (Å²) in [6.45, 7) is 10.5. The van der Waals surface area contributed by atoms with Crippen LogP contribution in [0, 0.1) is 0 Å². The van der Waals surface area contributed by atoms with Gasteiger partial charge in [0.05, 0.1) is 12.7 Å². The lowest BCUT2D eigenvalue weighted by molar-refractivity contribution is -0.136. The maximum atomic E-state index is 12.9. The lowest BCUT2D eigenvalue weighted by Crippen LogP contribution is -2.52. The topological polar surface area (TPSA) is 91.0 Å². The van der Waals surface area contributed by atoms with Crippen LogP contribution in [0.15, 0.2) is 18.2 Å². The molecule has 1 aromatic rings. The summed E-state index contributed by atoms with van der Waals surface area (Å²) in [5.41, 5.74) is 2.63. The first-order valence-electron chi connectivity index (χ1n) is 11.6. The average molecular weight is 443 g/mol. The fourth-order valence-corrected chi connectivity index (χ4v) is 4.86. The number of rotatable bonds is 6. The van der Waals surface area contributed by atoms with Gasteiger partial charge in [-0.25, -0.2) is 0 Å². The van der Waals surface area contributed by atoms with Crippen LogP contribution >= 0.6 is 0 Å². The Morgan fingerprint density at radius 2 is 1.88 bits per heavy atom. The van der Waals surface area contributed by atoms with Crippen molar-refractivity contribution in [3.05, 3.63) is 29.3 Å². The summed E-state index contributed by atoms with van der Waals surface area (Å²) in [5.74, 6) is -0.815. The summed E-state index contributed by atoms with van der Waals surface area (Å²) in [5, 5.41) is 5.76. The van der Waals surface area contributed by atoms with Crippen molar-refractivity contribution in [2.24, 2.45) is 0 Å². The Bertz CT molecular complexity index is 886. The first-order chi connectivity index (χ1) is 15.2. The highest BCUT2D eigenvalue weighted by Gasteiger charge is 2.39. The minimum absolute atomic E-state index is 0.153. The second kappa shape index (κ2) is 9.19. The van der Waals surface area contributed by atoms with Gasteiger partial charge in [-0.2, -0.15) is 0 Å². The molecule has 0 radical (unpaired) electrons. The fourth-order valence-electron chi connectivity index (χ4n) is 4.86. The molecule has 2 fully saturated rings. The molecule has 3 aliphatic rings. The number of ether oxygens (including phenoxy) is 1. The van der Waals surface area contributed by atoms with Gasteiger partial charge in [-0.1, -0.05) is 6.07 Å². The summed E-state index contributed by atoms with van der Waals surface area (Å²) >= 11 is 0. The standard InChI is InChI=1S/C24H34N4O4/c1-24(2,3)27-12-9-16(10-13-27)32-14-11-25-19-6-4-5-17-18(19)15-28(23(17)31)20-7-8-21(29)26-22(20)30/h4-6,16,20,25H,7-15H2,1-3H3,(H,26,29,30). The van der Waals surface area contributed by atoms with Crippen LogP contribution in [-0.2, 0) is 20.9 Å². The fraction of sp³-hybridized carbons (Fsp3) is 0.625. The zero-order valence-electron chi connectivity index (χ0n) is 19.3. The molecule has 174 valence electrons. The summed E-state index contributed by atoms with van der Waals surface area (Å²) in [6.07, 6.45) is 3.02. The van der Waals surface area contributed by atoms with E-state index in [1.54, 1.807) is 11.0 Å². The van der Waals surface area contributed by atoms with Crippen LogP contribution in [0.2, 0.25) is 0 Å². The zero-order chi connectivity index (χ0) is 22.9. The van der Waals surface area contributed by atoms with Crippen molar-refractivity contribution in [1.82, 2.24) is 15.1 Å². The van der Waals surface area contributed by atoms with Crippen LogP contribution in [0.5, 0.6) is 0 Å². The lowest BCUT2D eigenvalue weighted by Gasteiger charge is -2.40. The summed E-state index contributed by atoms with van der Waals surface area (Å²) in [4.78, 5) is 40.7. The zero-order valence-corrected chi connectivity index (χ0v) is 19.3. The van der Waals surface area contributed by atoms with Crippen LogP contribution in [0.25, 0.3) is 0 Å². The van der Waals surface area contributed by atoms with Gasteiger partial charge in [0.15, 0.2) is 0 Å². The van der Waals surface area contributed by atoms with E-state index in [4.69, 9.17) is 4.74 Å². The first kappa shape index (κ1) is 22.7. The smallest absolute Gasteiger partial charge is 0.255 e. The molecule has 1 unspecified atom stereocenters. The molecule has 0 aromatic heterocycles. The van der Waals surface area contributed by atoms with Gasteiger partial charge in [-0.15, -0.1) is 0 Å². The van der Waals surface area contributed by atoms with E-state index in [0.717, 1.165) is 37.2 Å². The van der Waals surface area contributed by atoms with Gasteiger partial charge in [-0.3, -0.25) is 24.6 Å². The van der Waals surface area contributed by atoms with Crippen molar-refractivity contribution in [3.63, 3.8) is 0 Å². The predicted octanol–water partition coefficient (Wildman–Crippen LogP) is 2.14. The monoisotopic (exact) mass is 442 g/mol. The number of nitrogens with zero attached hydrogens (tertiary/aromatic N) is 2. The number of fused-ring (bicyclic) bond motifs is 1. The van der Waals surface area contributed by atoms with Crippen molar-refractivity contribution < 1.29 is 19.1 Å². The number of hydrogen-bond acceptors (Lipinski definition) is 6. The van der Waals surface area contributed by atoms with E-state index in [-0.39, 0.29) is 29.7 Å². The van der Waals surface area contributed by atoms with Gasteiger partial charge in [0.25, 0.3) is 5.91 Å². The highest BCUT2D eigenvalue weighted by atomic mass is 16.5. The minimum atomic E-state index is -0.595. The van der Waals surface area contributed by atoms with E-state index in [1.165, 1.54) is 0 Å². The highest BCUT2D eigenvalue weighted by molar-refractivity contribution is 6.06. The maximum Gasteiger partial charge on any atom is 0.255 e. The molecule has 8 heteroatoms.